The number of nitrogens with one attached hydrogen (secondary N) is 1. The van der Waals surface area contributed by atoms with E-state index in [9.17, 15) is 13.6 Å². The molecular formula is C26H27ClF2N6O2. The van der Waals surface area contributed by atoms with Crippen LogP contribution in [0.15, 0.2) is 36.7 Å². The number of likely N-dealkylation sites (tertiary alicyclic amines) is 1. The Kier molecular flexibility index (Phi) is 6.70. The number of ether oxygens (including phenoxy) is 1. The summed E-state index contributed by atoms with van der Waals surface area (Å²) in [5, 5.41) is 3.94. The second-order valence-corrected chi connectivity index (χ2v) is 10.1. The molecule has 1 aliphatic heterocycles. The van der Waals surface area contributed by atoms with Crippen LogP contribution in [-0.2, 0) is 4.79 Å². The first-order valence-electron chi connectivity index (χ1n) is 12.0. The van der Waals surface area contributed by atoms with Crippen LogP contribution in [0.4, 0.5) is 14.6 Å². The molecule has 194 valence electrons. The number of halogens is 3. The number of alkyl halides is 2. The van der Waals surface area contributed by atoms with Gasteiger partial charge in [-0.15, -0.1) is 0 Å². The van der Waals surface area contributed by atoms with Crippen LogP contribution < -0.4 is 10.1 Å². The van der Waals surface area contributed by atoms with Gasteiger partial charge in [-0.3, -0.25) is 4.79 Å². The quantitative estimate of drug-likeness (QED) is 0.459. The fraction of sp³-hybridized carbons (Fsp3) is 0.423. The molecule has 5 rings (SSSR count). The fourth-order valence-electron chi connectivity index (χ4n) is 4.97. The summed E-state index contributed by atoms with van der Waals surface area (Å²) in [7, 11) is 1.52. The molecule has 4 heterocycles. The van der Waals surface area contributed by atoms with E-state index in [0.29, 0.717) is 46.6 Å². The molecule has 1 amide bonds. The lowest BCUT2D eigenvalue weighted by molar-refractivity contribution is -0.131. The fourth-order valence-corrected chi connectivity index (χ4v) is 5.23. The molecule has 3 aromatic heterocycles. The second kappa shape index (κ2) is 9.81. The molecule has 2 fully saturated rings. The lowest BCUT2D eigenvalue weighted by atomic mass is 10.0. The van der Waals surface area contributed by atoms with Gasteiger partial charge in [-0.25, -0.2) is 28.7 Å². The van der Waals surface area contributed by atoms with Gasteiger partial charge in [-0.2, -0.15) is 0 Å². The Morgan fingerprint density at radius 1 is 1.24 bits per heavy atom. The molecule has 2 aliphatic rings. The minimum atomic E-state index is -2.67. The van der Waals surface area contributed by atoms with Crippen LogP contribution >= 0.6 is 11.6 Å². The summed E-state index contributed by atoms with van der Waals surface area (Å²) < 4.78 is 31.3. The smallest absolute Gasteiger partial charge is 0.280 e. The molecule has 0 bridgehead atoms. The number of methoxy groups -OCH3 is 1. The molecule has 1 N–H and O–H groups in total. The number of rotatable bonds is 7. The lowest BCUT2D eigenvalue weighted by Crippen LogP contribution is -2.34. The summed E-state index contributed by atoms with van der Waals surface area (Å²) in [6.45, 7) is 4.85. The first-order valence-corrected chi connectivity index (χ1v) is 12.4. The molecule has 0 unspecified atom stereocenters. The number of aryl methyl sites for hydroxylation is 1. The molecular weight excluding hydrogens is 502 g/mol. The van der Waals surface area contributed by atoms with Crippen LogP contribution in [0.3, 0.4) is 0 Å². The third kappa shape index (κ3) is 4.94. The van der Waals surface area contributed by atoms with Gasteiger partial charge in [0.25, 0.3) is 6.43 Å². The number of hydrogen-bond acceptors (Lipinski definition) is 7. The topological polar surface area (TPSA) is 93.1 Å². The van der Waals surface area contributed by atoms with Crippen LogP contribution in [-0.4, -0.2) is 57.0 Å². The summed E-state index contributed by atoms with van der Waals surface area (Å²) in [4.78, 5) is 32.2. The van der Waals surface area contributed by atoms with Crippen LogP contribution in [0.5, 0.6) is 5.88 Å². The highest BCUT2D eigenvalue weighted by molar-refractivity contribution is 6.31. The Morgan fingerprint density at radius 3 is 2.70 bits per heavy atom. The number of hydrogen-bond donors (Lipinski definition) is 1. The number of carbonyl (C=O) groups is 1. The molecule has 0 aromatic carbocycles. The highest BCUT2D eigenvalue weighted by Gasteiger charge is 2.56. The Balaban J connectivity index is 1.31. The third-order valence-electron chi connectivity index (χ3n) is 7.31. The van der Waals surface area contributed by atoms with Crippen LogP contribution in [0.25, 0.3) is 11.4 Å². The first kappa shape index (κ1) is 25.3. The summed E-state index contributed by atoms with van der Waals surface area (Å²) in [6.07, 6.45) is 2.21. The van der Waals surface area contributed by atoms with Crippen LogP contribution in [0, 0.1) is 12.3 Å². The monoisotopic (exact) mass is 528 g/mol. The second-order valence-electron chi connectivity index (χ2n) is 9.68. The van der Waals surface area contributed by atoms with Gasteiger partial charge in [0.15, 0.2) is 5.82 Å². The van der Waals surface area contributed by atoms with Gasteiger partial charge in [0, 0.05) is 42.5 Å². The Hall–Kier alpha value is -3.40. The molecule has 2 atom stereocenters. The molecule has 3 aromatic rings. The molecule has 1 spiro atoms. The van der Waals surface area contributed by atoms with Gasteiger partial charge in [-0.05, 0) is 50.5 Å². The molecule has 8 nitrogen and oxygen atoms in total. The first-order chi connectivity index (χ1) is 17.7. The van der Waals surface area contributed by atoms with Gasteiger partial charge in [-0.1, -0.05) is 11.6 Å². The maximum atomic E-state index is 13.4. The van der Waals surface area contributed by atoms with Crippen molar-refractivity contribution in [3.63, 3.8) is 0 Å². The average molecular weight is 529 g/mol. The van der Waals surface area contributed by atoms with E-state index < -0.39 is 12.3 Å². The zero-order valence-corrected chi connectivity index (χ0v) is 21.5. The minimum Gasteiger partial charge on any atom is -0.481 e. The van der Waals surface area contributed by atoms with Crippen molar-refractivity contribution >= 4 is 23.3 Å². The maximum absolute atomic E-state index is 13.4. The summed E-state index contributed by atoms with van der Waals surface area (Å²) in [5.74, 6) is 0.844. The van der Waals surface area contributed by atoms with Crippen molar-refractivity contribution in [3.05, 3.63) is 58.6 Å². The standard InChI is InChI=1S/C26H27ClF2N6O2/c1-14(17-10-22(37-3)31-11-18(17)27)25(36)35-12-20(26(13-35)7-8-26)34-21-5-4-16(15(2)32-21)24-30-9-6-19(33-24)23(28)29/h4-6,9-11,14,20,23H,7-8,12-13H2,1-3H3,(H,32,34)/t14-,20-/m1/s1. The normalized spacial score (nSPS) is 18.8. The number of pyridine rings is 2. The molecule has 1 saturated heterocycles. The van der Waals surface area contributed by atoms with E-state index in [1.165, 1.54) is 25.6 Å². The van der Waals surface area contributed by atoms with Crippen molar-refractivity contribution in [1.82, 2.24) is 24.8 Å². The molecule has 1 saturated carbocycles. The number of amides is 1. The largest absolute Gasteiger partial charge is 0.481 e. The van der Waals surface area contributed by atoms with Crippen molar-refractivity contribution in [3.8, 4) is 17.3 Å². The van der Waals surface area contributed by atoms with Crippen molar-refractivity contribution in [1.29, 1.82) is 0 Å². The van der Waals surface area contributed by atoms with Gasteiger partial charge >= 0.3 is 0 Å². The van der Waals surface area contributed by atoms with E-state index in [1.807, 2.05) is 11.8 Å². The van der Waals surface area contributed by atoms with E-state index in [0.717, 1.165) is 12.8 Å². The maximum Gasteiger partial charge on any atom is 0.280 e. The van der Waals surface area contributed by atoms with E-state index in [2.05, 4.69) is 25.3 Å². The third-order valence-corrected chi connectivity index (χ3v) is 7.62. The van der Waals surface area contributed by atoms with Gasteiger partial charge < -0.3 is 15.0 Å². The predicted octanol–water partition coefficient (Wildman–Crippen LogP) is 5.05. The highest BCUT2D eigenvalue weighted by atomic mass is 35.5. The minimum absolute atomic E-state index is 0.00118. The zero-order valence-electron chi connectivity index (χ0n) is 20.7. The van der Waals surface area contributed by atoms with Crippen molar-refractivity contribution in [2.75, 3.05) is 25.5 Å². The highest BCUT2D eigenvalue weighted by Crippen LogP contribution is 2.54. The Morgan fingerprint density at radius 2 is 2.03 bits per heavy atom. The van der Waals surface area contributed by atoms with E-state index in [4.69, 9.17) is 16.3 Å². The predicted molar refractivity (Wildman–Crippen MR) is 135 cm³/mol. The Labute approximate surface area is 218 Å². The summed E-state index contributed by atoms with van der Waals surface area (Å²) >= 11 is 6.34. The number of nitrogens with zero attached hydrogens (tertiary/aromatic N) is 5. The number of aromatic nitrogens is 4. The Bertz CT molecular complexity index is 1340. The van der Waals surface area contributed by atoms with Gasteiger partial charge in [0.2, 0.25) is 11.8 Å². The van der Waals surface area contributed by atoms with Gasteiger partial charge in [0.05, 0.1) is 29.8 Å². The number of anilines is 1. The summed E-state index contributed by atoms with van der Waals surface area (Å²) in [6, 6.07) is 6.54. The number of carbonyl (C=O) groups excluding carboxylic acids is 1. The van der Waals surface area contributed by atoms with E-state index in [-0.39, 0.29) is 28.9 Å². The van der Waals surface area contributed by atoms with E-state index in [1.54, 1.807) is 25.1 Å². The SMILES string of the molecule is COc1cc([C@@H](C)C(=O)N2C[C@@H](Nc3ccc(-c4nccc(C(F)F)n4)c(C)n3)C3(CC3)C2)c(Cl)cn1. The van der Waals surface area contributed by atoms with Crippen molar-refractivity contribution in [2.45, 2.75) is 45.1 Å². The average Bonchev–Trinajstić information content (AvgIpc) is 3.59. The zero-order chi connectivity index (χ0) is 26.3. The van der Waals surface area contributed by atoms with Crippen molar-refractivity contribution < 1.29 is 18.3 Å². The van der Waals surface area contributed by atoms with Gasteiger partial charge in [0.1, 0.15) is 11.5 Å². The molecule has 37 heavy (non-hydrogen) atoms. The lowest BCUT2D eigenvalue weighted by Gasteiger charge is -2.22. The molecule has 11 heteroatoms. The van der Waals surface area contributed by atoms with Crippen molar-refractivity contribution in [2.24, 2.45) is 5.41 Å². The molecule has 1 aliphatic carbocycles. The van der Waals surface area contributed by atoms with E-state index >= 15 is 0 Å². The van der Waals surface area contributed by atoms with Crippen LogP contribution in [0.1, 0.15) is 49.1 Å². The summed E-state index contributed by atoms with van der Waals surface area (Å²) in [5.41, 5.74) is 1.60. The molecule has 0 radical (unpaired) electrons. The van der Waals surface area contributed by atoms with Crippen LogP contribution in [0.2, 0.25) is 5.02 Å².